The number of hydrogen-bond donors (Lipinski definition) is 1. The van der Waals surface area contributed by atoms with E-state index < -0.39 is 18.3 Å². The summed E-state index contributed by atoms with van der Waals surface area (Å²) in [4.78, 5) is 29.2. The van der Waals surface area contributed by atoms with Crippen molar-refractivity contribution in [2.24, 2.45) is 11.8 Å². The number of aromatic hydroxyl groups is 1. The van der Waals surface area contributed by atoms with Gasteiger partial charge in [0.15, 0.2) is 6.29 Å². The van der Waals surface area contributed by atoms with Gasteiger partial charge >= 0.3 is 11.9 Å². The number of carbonyl (C=O) groups excluding carboxylic acids is 2. The van der Waals surface area contributed by atoms with E-state index in [0.717, 1.165) is 23.1 Å². The number of unbranched alkanes of at least 4 members (excludes halogenated alkanes) is 1. The lowest BCUT2D eigenvalue weighted by Crippen LogP contribution is -2.42. The third kappa shape index (κ3) is 10.1. The van der Waals surface area contributed by atoms with E-state index in [-0.39, 0.29) is 30.2 Å². The maximum atomic E-state index is 13.2. The Kier molecular flexibility index (Phi) is 14.0. The number of aromatic nitrogens is 1. The SMILES string of the molecule is CCOC(=O)CC/C=C\C[C@@H]1CO[C@H](C(CCC/C=C(\c2ccccc2)c2cccnc2)C(=O)OCC)O[C@@H]1c1ccccc1O. The second-order valence-corrected chi connectivity index (χ2v) is 11.1. The van der Waals surface area contributed by atoms with Gasteiger partial charge in [0, 0.05) is 35.9 Å². The smallest absolute Gasteiger partial charge is 0.314 e. The predicted octanol–water partition coefficient (Wildman–Crippen LogP) is 7.59. The highest BCUT2D eigenvalue weighted by molar-refractivity contribution is 5.79. The average Bonchev–Trinajstić information content (AvgIpc) is 3.08. The first-order chi connectivity index (χ1) is 22.5. The number of ether oxygens (including phenoxy) is 4. The third-order valence-electron chi connectivity index (χ3n) is 7.90. The number of nitrogens with zero attached hydrogens (tertiary/aromatic N) is 1. The number of esters is 2. The van der Waals surface area contributed by atoms with E-state index in [1.807, 2.05) is 60.8 Å². The highest BCUT2D eigenvalue weighted by Gasteiger charge is 2.40. The van der Waals surface area contributed by atoms with Gasteiger partial charge in [0.25, 0.3) is 0 Å². The van der Waals surface area contributed by atoms with E-state index in [1.54, 1.807) is 32.2 Å². The van der Waals surface area contributed by atoms with Crippen LogP contribution in [0, 0.1) is 11.8 Å². The molecular formula is C38H45NO7. The van der Waals surface area contributed by atoms with E-state index in [1.165, 1.54) is 0 Å². The van der Waals surface area contributed by atoms with Crippen molar-refractivity contribution in [2.45, 2.75) is 64.8 Å². The minimum absolute atomic E-state index is 0.109. The van der Waals surface area contributed by atoms with Gasteiger partial charge in [-0.3, -0.25) is 14.6 Å². The highest BCUT2D eigenvalue weighted by Crippen LogP contribution is 2.41. The number of hydrogen-bond acceptors (Lipinski definition) is 8. The van der Waals surface area contributed by atoms with Crippen LogP contribution in [0.4, 0.5) is 0 Å². The van der Waals surface area contributed by atoms with Crippen LogP contribution in [0.15, 0.2) is 97.4 Å². The molecule has 8 heteroatoms. The van der Waals surface area contributed by atoms with E-state index >= 15 is 0 Å². The van der Waals surface area contributed by atoms with Gasteiger partial charge in [-0.15, -0.1) is 0 Å². The zero-order valence-corrected chi connectivity index (χ0v) is 26.8. The lowest BCUT2D eigenvalue weighted by molar-refractivity contribution is -0.261. The molecule has 1 fully saturated rings. The highest BCUT2D eigenvalue weighted by atomic mass is 16.7. The van der Waals surface area contributed by atoms with Gasteiger partial charge in [-0.1, -0.05) is 72.8 Å². The van der Waals surface area contributed by atoms with E-state index in [0.29, 0.717) is 50.9 Å². The number of allylic oxidation sites excluding steroid dienone is 3. The third-order valence-corrected chi connectivity index (χ3v) is 7.90. The molecule has 0 bridgehead atoms. The van der Waals surface area contributed by atoms with E-state index in [4.69, 9.17) is 18.9 Å². The molecule has 1 saturated heterocycles. The first-order valence-electron chi connectivity index (χ1n) is 16.2. The van der Waals surface area contributed by atoms with Gasteiger partial charge in [0.2, 0.25) is 0 Å². The van der Waals surface area contributed by atoms with Crippen molar-refractivity contribution in [1.29, 1.82) is 0 Å². The number of phenolic OH excluding ortho intramolecular Hbond substituents is 1. The summed E-state index contributed by atoms with van der Waals surface area (Å²) in [5.41, 5.74) is 3.86. The van der Waals surface area contributed by atoms with Crippen LogP contribution in [0.1, 0.15) is 75.2 Å². The summed E-state index contributed by atoms with van der Waals surface area (Å²) in [5.74, 6) is -1.20. The van der Waals surface area contributed by atoms with Crippen LogP contribution in [-0.2, 0) is 28.5 Å². The molecule has 3 aromatic rings. The molecule has 0 radical (unpaired) electrons. The van der Waals surface area contributed by atoms with Crippen LogP contribution in [0.3, 0.4) is 0 Å². The maximum Gasteiger partial charge on any atom is 0.314 e. The molecule has 0 spiro atoms. The molecule has 1 N–H and O–H groups in total. The fourth-order valence-electron chi connectivity index (χ4n) is 5.62. The Labute approximate surface area is 272 Å². The zero-order valence-electron chi connectivity index (χ0n) is 26.8. The maximum absolute atomic E-state index is 13.2. The van der Waals surface area contributed by atoms with Crippen molar-refractivity contribution >= 4 is 17.5 Å². The van der Waals surface area contributed by atoms with E-state index in [9.17, 15) is 14.7 Å². The molecule has 0 aliphatic carbocycles. The number of pyridine rings is 1. The van der Waals surface area contributed by atoms with Crippen molar-refractivity contribution in [3.05, 3.63) is 114 Å². The Morgan fingerprint density at radius 2 is 1.72 bits per heavy atom. The Balaban J connectivity index is 1.47. The molecule has 0 amide bonds. The molecule has 8 nitrogen and oxygen atoms in total. The van der Waals surface area contributed by atoms with Crippen molar-refractivity contribution in [1.82, 2.24) is 4.98 Å². The van der Waals surface area contributed by atoms with Crippen molar-refractivity contribution in [3.8, 4) is 5.75 Å². The van der Waals surface area contributed by atoms with Crippen LogP contribution >= 0.6 is 0 Å². The van der Waals surface area contributed by atoms with Gasteiger partial charge in [0.1, 0.15) is 11.7 Å². The van der Waals surface area contributed by atoms with Gasteiger partial charge in [-0.25, -0.2) is 0 Å². The fourth-order valence-corrected chi connectivity index (χ4v) is 5.62. The standard InChI is InChI=1S/C38H45NO7/c1-3-43-35(41)24-10-6-9-18-30-27-45-38(46-36(30)32-21-13-14-23-34(32)40)33(37(42)44-4-2)22-12-11-20-31(28-16-7-5-8-17-28)29-19-15-25-39-26-29/h5-9,13-17,19-21,23,25-26,30,33,36,38,40H,3-4,10-12,18,22,24,27H2,1-2H3/b9-6-,31-20+/t30-,33?,36+,38+/m1/s1. The molecule has 1 unspecified atom stereocenters. The monoisotopic (exact) mass is 627 g/mol. The number of benzene rings is 2. The Hall–Kier alpha value is -4.27. The lowest BCUT2D eigenvalue weighted by atomic mass is 9.90. The minimum Gasteiger partial charge on any atom is -0.508 e. The zero-order chi connectivity index (χ0) is 32.6. The molecule has 4 atom stereocenters. The summed E-state index contributed by atoms with van der Waals surface area (Å²) in [6.45, 7) is 4.53. The lowest BCUT2D eigenvalue weighted by Gasteiger charge is -2.39. The van der Waals surface area contributed by atoms with Crippen molar-refractivity contribution in [3.63, 3.8) is 0 Å². The number of carbonyl (C=O) groups is 2. The fraction of sp³-hybridized carbons (Fsp3) is 0.395. The molecule has 2 aromatic carbocycles. The molecule has 0 saturated carbocycles. The molecule has 1 aliphatic heterocycles. The van der Waals surface area contributed by atoms with Crippen LogP contribution < -0.4 is 0 Å². The van der Waals surface area contributed by atoms with Crippen LogP contribution in [0.5, 0.6) is 5.75 Å². The molecular weight excluding hydrogens is 582 g/mol. The molecule has 4 rings (SSSR count). The molecule has 1 aromatic heterocycles. The average molecular weight is 628 g/mol. The molecule has 46 heavy (non-hydrogen) atoms. The minimum atomic E-state index is -0.830. The topological polar surface area (TPSA) is 104 Å². The second kappa shape index (κ2) is 18.6. The normalized spacial score (nSPS) is 19.1. The summed E-state index contributed by atoms with van der Waals surface area (Å²) in [7, 11) is 0. The number of rotatable bonds is 16. The van der Waals surface area contributed by atoms with Crippen molar-refractivity contribution in [2.75, 3.05) is 19.8 Å². The number of para-hydroxylation sites is 1. The summed E-state index contributed by atoms with van der Waals surface area (Å²) in [5, 5.41) is 10.7. The van der Waals surface area contributed by atoms with Gasteiger partial charge < -0.3 is 24.1 Å². The van der Waals surface area contributed by atoms with Gasteiger partial charge in [0.05, 0.1) is 25.9 Å². The van der Waals surface area contributed by atoms with Gasteiger partial charge in [-0.05, 0) is 69.2 Å². The first kappa shape index (κ1) is 34.6. The second-order valence-electron chi connectivity index (χ2n) is 11.1. The van der Waals surface area contributed by atoms with Crippen molar-refractivity contribution < 1.29 is 33.6 Å². The molecule has 1 aliphatic rings. The summed E-state index contributed by atoms with van der Waals surface area (Å²) in [6.07, 6.45) is 11.9. The quantitative estimate of drug-likeness (QED) is 0.0984. The van der Waals surface area contributed by atoms with Crippen LogP contribution in [0.25, 0.3) is 5.57 Å². The predicted molar refractivity (Wildman–Crippen MR) is 177 cm³/mol. The number of phenols is 1. The Morgan fingerprint density at radius 3 is 2.46 bits per heavy atom. The van der Waals surface area contributed by atoms with Crippen LogP contribution in [-0.4, -0.2) is 48.1 Å². The van der Waals surface area contributed by atoms with Gasteiger partial charge in [-0.2, -0.15) is 0 Å². The molecule has 244 valence electrons. The van der Waals surface area contributed by atoms with Crippen LogP contribution in [0.2, 0.25) is 0 Å². The first-order valence-corrected chi connectivity index (χ1v) is 16.2. The van der Waals surface area contributed by atoms with E-state index in [2.05, 4.69) is 23.2 Å². The Bertz CT molecular complexity index is 1380. The summed E-state index contributed by atoms with van der Waals surface area (Å²) < 4.78 is 23.2. The summed E-state index contributed by atoms with van der Waals surface area (Å²) >= 11 is 0. The Morgan fingerprint density at radius 1 is 0.957 bits per heavy atom. The molecule has 2 heterocycles. The summed E-state index contributed by atoms with van der Waals surface area (Å²) in [6, 6.07) is 21.3. The largest absolute Gasteiger partial charge is 0.508 e.